The zero-order valence-corrected chi connectivity index (χ0v) is 11.8. The minimum atomic E-state index is -0.451. The number of hydrogen-bond donors (Lipinski definition) is 2. The molecule has 0 spiro atoms. The SMILES string of the molecule is COc1ccc(/C=N\NC(=O)CC(=O)NC(C)C)cc1. The van der Waals surface area contributed by atoms with Crippen LogP contribution in [0.3, 0.4) is 0 Å². The molecular formula is C14H19N3O3. The summed E-state index contributed by atoms with van der Waals surface area (Å²) in [6.45, 7) is 3.66. The topological polar surface area (TPSA) is 79.8 Å². The van der Waals surface area contributed by atoms with Gasteiger partial charge < -0.3 is 10.1 Å². The summed E-state index contributed by atoms with van der Waals surface area (Å²) in [6, 6.07) is 7.21. The highest BCUT2D eigenvalue weighted by atomic mass is 16.5. The largest absolute Gasteiger partial charge is 0.497 e. The van der Waals surface area contributed by atoms with Crippen LogP contribution in [-0.4, -0.2) is 31.2 Å². The Morgan fingerprint density at radius 3 is 2.45 bits per heavy atom. The summed E-state index contributed by atoms with van der Waals surface area (Å²) in [5, 5.41) is 6.41. The number of amides is 2. The molecule has 0 aliphatic heterocycles. The van der Waals surface area contributed by atoms with Crippen molar-refractivity contribution < 1.29 is 14.3 Å². The van der Waals surface area contributed by atoms with Crippen molar-refractivity contribution in [1.82, 2.24) is 10.7 Å². The minimum Gasteiger partial charge on any atom is -0.497 e. The molecule has 0 atom stereocenters. The van der Waals surface area contributed by atoms with E-state index in [1.807, 2.05) is 13.8 Å². The fourth-order valence-electron chi connectivity index (χ4n) is 1.43. The Kier molecular flexibility index (Phi) is 6.22. The molecule has 0 aromatic heterocycles. The number of nitrogens with one attached hydrogen (secondary N) is 2. The normalized spacial score (nSPS) is 10.6. The molecule has 1 rings (SSSR count). The Morgan fingerprint density at radius 2 is 1.90 bits per heavy atom. The van der Waals surface area contributed by atoms with Gasteiger partial charge in [0.25, 0.3) is 0 Å². The van der Waals surface area contributed by atoms with Gasteiger partial charge in [-0.05, 0) is 43.7 Å². The van der Waals surface area contributed by atoms with Crippen LogP contribution in [0.1, 0.15) is 25.8 Å². The zero-order valence-electron chi connectivity index (χ0n) is 11.8. The molecule has 0 aliphatic rings. The summed E-state index contributed by atoms with van der Waals surface area (Å²) in [6.07, 6.45) is 1.26. The van der Waals surface area contributed by atoms with E-state index in [2.05, 4.69) is 15.8 Å². The first kappa shape index (κ1) is 15.7. The van der Waals surface area contributed by atoms with Crippen molar-refractivity contribution in [3.8, 4) is 5.75 Å². The van der Waals surface area contributed by atoms with Gasteiger partial charge in [0.05, 0.1) is 13.3 Å². The molecule has 0 heterocycles. The molecular weight excluding hydrogens is 258 g/mol. The number of hydrogen-bond acceptors (Lipinski definition) is 4. The van der Waals surface area contributed by atoms with Gasteiger partial charge in [-0.1, -0.05) is 0 Å². The van der Waals surface area contributed by atoms with Crippen LogP contribution >= 0.6 is 0 Å². The molecule has 6 heteroatoms. The van der Waals surface area contributed by atoms with Gasteiger partial charge in [-0.15, -0.1) is 0 Å². The monoisotopic (exact) mass is 277 g/mol. The highest BCUT2D eigenvalue weighted by Crippen LogP contribution is 2.09. The maximum Gasteiger partial charge on any atom is 0.249 e. The first-order valence-corrected chi connectivity index (χ1v) is 6.26. The summed E-state index contributed by atoms with van der Waals surface area (Å²) in [4.78, 5) is 22.7. The lowest BCUT2D eigenvalue weighted by Gasteiger charge is -2.06. The number of rotatable bonds is 6. The van der Waals surface area contributed by atoms with Gasteiger partial charge in [-0.25, -0.2) is 5.43 Å². The first-order valence-electron chi connectivity index (χ1n) is 6.26. The number of carbonyl (C=O) groups is 2. The predicted octanol–water partition coefficient (Wildman–Crippen LogP) is 1.06. The molecule has 0 saturated carbocycles. The molecule has 1 aromatic rings. The highest BCUT2D eigenvalue weighted by molar-refractivity contribution is 5.97. The molecule has 0 fully saturated rings. The average molecular weight is 277 g/mol. The van der Waals surface area contributed by atoms with Gasteiger partial charge in [0.15, 0.2) is 0 Å². The van der Waals surface area contributed by atoms with Crippen molar-refractivity contribution in [2.75, 3.05) is 7.11 Å². The number of methoxy groups -OCH3 is 1. The summed E-state index contributed by atoms with van der Waals surface area (Å²) < 4.78 is 5.03. The predicted molar refractivity (Wildman–Crippen MR) is 76.6 cm³/mol. The Balaban J connectivity index is 2.39. The molecule has 0 radical (unpaired) electrons. The lowest BCUT2D eigenvalue weighted by atomic mass is 10.2. The Bertz CT molecular complexity index is 481. The third kappa shape index (κ3) is 5.99. The molecule has 0 saturated heterocycles. The number of carbonyl (C=O) groups excluding carboxylic acids is 2. The molecule has 108 valence electrons. The lowest BCUT2D eigenvalue weighted by molar-refractivity contribution is -0.129. The van der Waals surface area contributed by atoms with Crippen LogP contribution in [0.4, 0.5) is 0 Å². The molecule has 0 unspecified atom stereocenters. The van der Waals surface area contributed by atoms with Crippen molar-refractivity contribution in [3.63, 3.8) is 0 Å². The fraction of sp³-hybridized carbons (Fsp3) is 0.357. The molecule has 0 aliphatic carbocycles. The maximum atomic E-state index is 11.4. The van der Waals surface area contributed by atoms with Crippen molar-refractivity contribution in [2.24, 2.45) is 5.10 Å². The number of benzene rings is 1. The second-order valence-electron chi connectivity index (χ2n) is 4.47. The number of ether oxygens (including phenoxy) is 1. The van der Waals surface area contributed by atoms with E-state index >= 15 is 0 Å². The van der Waals surface area contributed by atoms with E-state index in [4.69, 9.17) is 4.74 Å². The van der Waals surface area contributed by atoms with E-state index in [0.717, 1.165) is 11.3 Å². The maximum absolute atomic E-state index is 11.4. The van der Waals surface area contributed by atoms with E-state index in [9.17, 15) is 9.59 Å². The summed E-state index contributed by atoms with van der Waals surface area (Å²) >= 11 is 0. The van der Waals surface area contributed by atoms with Crippen LogP contribution in [0.25, 0.3) is 0 Å². The van der Waals surface area contributed by atoms with Gasteiger partial charge in [-0.2, -0.15) is 5.10 Å². The van der Waals surface area contributed by atoms with Gasteiger partial charge in [-0.3, -0.25) is 9.59 Å². The van der Waals surface area contributed by atoms with Crippen LogP contribution in [0.2, 0.25) is 0 Å². The molecule has 2 N–H and O–H groups in total. The van der Waals surface area contributed by atoms with Crippen LogP contribution < -0.4 is 15.5 Å². The summed E-state index contributed by atoms with van der Waals surface area (Å²) in [5.74, 6) is -0.0263. The molecule has 1 aromatic carbocycles. The van der Waals surface area contributed by atoms with E-state index in [1.165, 1.54) is 6.21 Å². The third-order valence-electron chi connectivity index (χ3n) is 2.29. The number of hydrazone groups is 1. The first-order chi connectivity index (χ1) is 9.51. The van der Waals surface area contributed by atoms with Crippen LogP contribution in [-0.2, 0) is 9.59 Å². The average Bonchev–Trinajstić information content (AvgIpc) is 2.38. The Labute approximate surface area is 118 Å². The zero-order chi connectivity index (χ0) is 15.0. The fourth-order valence-corrected chi connectivity index (χ4v) is 1.43. The molecule has 6 nitrogen and oxygen atoms in total. The second kappa shape index (κ2) is 7.93. The van der Waals surface area contributed by atoms with Crippen molar-refractivity contribution in [1.29, 1.82) is 0 Å². The smallest absolute Gasteiger partial charge is 0.249 e. The van der Waals surface area contributed by atoms with E-state index in [0.29, 0.717) is 0 Å². The summed E-state index contributed by atoms with van der Waals surface area (Å²) in [5.41, 5.74) is 3.12. The molecule has 0 bridgehead atoms. The standard InChI is InChI=1S/C14H19N3O3/c1-10(2)16-13(18)8-14(19)17-15-9-11-4-6-12(20-3)7-5-11/h4-7,9-10H,8H2,1-3H3,(H,16,18)(H,17,19)/b15-9-. The molecule has 20 heavy (non-hydrogen) atoms. The van der Waals surface area contributed by atoms with Gasteiger partial charge in [0, 0.05) is 6.04 Å². The van der Waals surface area contributed by atoms with Crippen LogP contribution in [0.5, 0.6) is 5.75 Å². The van der Waals surface area contributed by atoms with Gasteiger partial charge in [0.2, 0.25) is 11.8 Å². The van der Waals surface area contributed by atoms with E-state index in [-0.39, 0.29) is 18.4 Å². The van der Waals surface area contributed by atoms with Crippen molar-refractivity contribution >= 4 is 18.0 Å². The quantitative estimate of drug-likeness (QED) is 0.463. The van der Waals surface area contributed by atoms with Crippen molar-refractivity contribution in [3.05, 3.63) is 29.8 Å². The minimum absolute atomic E-state index is 0.0121. The highest BCUT2D eigenvalue weighted by Gasteiger charge is 2.08. The Hall–Kier alpha value is -2.37. The summed E-state index contributed by atoms with van der Waals surface area (Å²) in [7, 11) is 1.59. The van der Waals surface area contributed by atoms with Crippen LogP contribution in [0.15, 0.2) is 29.4 Å². The second-order valence-corrected chi connectivity index (χ2v) is 4.47. The van der Waals surface area contributed by atoms with E-state index in [1.54, 1.807) is 31.4 Å². The van der Waals surface area contributed by atoms with Crippen LogP contribution in [0, 0.1) is 0 Å². The third-order valence-corrected chi connectivity index (χ3v) is 2.29. The van der Waals surface area contributed by atoms with Gasteiger partial charge in [0.1, 0.15) is 12.2 Å². The lowest BCUT2D eigenvalue weighted by Crippen LogP contribution is -2.34. The Morgan fingerprint density at radius 1 is 1.25 bits per heavy atom. The number of nitrogens with zero attached hydrogens (tertiary/aromatic N) is 1. The van der Waals surface area contributed by atoms with Crippen molar-refractivity contribution in [2.45, 2.75) is 26.3 Å². The van der Waals surface area contributed by atoms with Gasteiger partial charge >= 0.3 is 0 Å². The molecule has 2 amide bonds. The van der Waals surface area contributed by atoms with E-state index < -0.39 is 5.91 Å².